The number of benzene rings is 1. The van der Waals surface area contributed by atoms with Crippen LogP contribution in [0, 0.1) is 5.92 Å². The van der Waals surface area contributed by atoms with E-state index in [1.165, 1.54) is 45.2 Å². The summed E-state index contributed by atoms with van der Waals surface area (Å²) in [4.78, 5) is 14.4. The van der Waals surface area contributed by atoms with Crippen LogP contribution in [0.4, 0.5) is 0 Å². The quantitative estimate of drug-likeness (QED) is 0.619. The Morgan fingerprint density at radius 1 is 1.09 bits per heavy atom. The van der Waals surface area contributed by atoms with E-state index in [1.807, 2.05) is 18.2 Å². The second-order valence-corrected chi connectivity index (χ2v) is 6.30. The van der Waals surface area contributed by atoms with Gasteiger partial charge >= 0.3 is 5.97 Å². The van der Waals surface area contributed by atoms with Gasteiger partial charge in [-0.25, -0.2) is 4.79 Å². The number of hydrogen-bond donors (Lipinski definition) is 0. The van der Waals surface area contributed by atoms with Crippen molar-refractivity contribution in [1.82, 2.24) is 4.90 Å². The third kappa shape index (κ3) is 4.08. The number of nitrogens with zero attached hydrogens (tertiary/aromatic N) is 1. The normalized spacial score (nSPS) is 25.5. The van der Waals surface area contributed by atoms with Crippen molar-refractivity contribution in [2.75, 3.05) is 26.3 Å². The van der Waals surface area contributed by atoms with Crippen LogP contribution < -0.4 is 4.74 Å². The van der Waals surface area contributed by atoms with E-state index >= 15 is 0 Å². The maximum absolute atomic E-state index is 11.8. The molecule has 22 heavy (non-hydrogen) atoms. The minimum Gasteiger partial charge on any atom is -0.425 e. The van der Waals surface area contributed by atoms with Crippen molar-refractivity contribution in [3.63, 3.8) is 0 Å². The predicted octanol–water partition coefficient (Wildman–Crippen LogP) is 2.87. The zero-order chi connectivity index (χ0) is 15.2. The van der Waals surface area contributed by atoms with Crippen LogP contribution in [0.5, 0.6) is 5.75 Å². The van der Waals surface area contributed by atoms with E-state index in [9.17, 15) is 4.79 Å². The van der Waals surface area contributed by atoms with Gasteiger partial charge in [-0.1, -0.05) is 24.6 Å². The molecule has 4 heteroatoms. The summed E-state index contributed by atoms with van der Waals surface area (Å²) >= 11 is 0. The lowest BCUT2D eigenvalue weighted by Crippen LogP contribution is -2.49. The fourth-order valence-corrected chi connectivity index (χ4v) is 3.71. The average molecular weight is 303 g/mol. The summed E-state index contributed by atoms with van der Waals surface area (Å²) in [6.07, 6.45) is 6.40. The van der Waals surface area contributed by atoms with Crippen LogP contribution in [0.1, 0.15) is 32.1 Å². The summed E-state index contributed by atoms with van der Waals surface area (Å²) in [6.45, 7) is 3.18. The van der Waals surface area contributed by atoms with E-state index in [1.54, 1.807) is 12.1 Å². The third-order valence-electron chi connectivity index (χ3n) is 4.76. The Bertz CT molecular complexity index is 474. The van der Waals surface area contributed by atoms with E-state index < -0.39 is 0 Å². The van der Waals surface area contributed by atoms with E-state index in [4.69, 9.17) is 9.47 Å². The molecule has 2 saturated heterocycles. The van der Waals surface area contributed by atoms with Crippen molar-refractivity contribution in [1.29, 1.82) is 0 Å². The van der Waals surface area contributed by atoms with Crippen molar-refractivity contribution in [2.45, 2.75) is 38.1 Å². The molecule has 2 aliphatic heterocycles. The molecule has 2 fully saturated rings. The Labute approximate surface area is 132 Å². The Balaban J connectivity index is 1.41. The minimum atomic E-state index is -0.317. The topological polar surface area (TPSA) is 38.8 Å². The van der Waals surface area contributed by atoms with Gasteiger partial charge in [-0.3, -0.25) is 0 Å². The lowest BCUT2D eigenvalue weighted by Gasteiger charge is -2.44. The monoisotopic (exact) mass is 303 g/mol. The van der Waals surface area contributed by atoms with Gasteiger partial charge in [0, 0.05) is 6.04 Å². The lowest BCUT2D eigenvalue weighted by atomic mass is 9.84. The van der Waals surface area contributed by atoms with Gasteiger partial charge in [0.05, 0.1) is 6.61 Å². The molecule has 3 rings (SSSR count). The Hall–Kier alpha value is -1.39. The van der Waals surface area contributed by atoms with Crippen LogP contribution >= 0.6 is 0 Å². The largest absolute Gasteiger partial charge is 0.425 e. The van der Waals surface area contributed by atoms with Crippen molar-refractivity contribution in [3.05, 3.63) is 30.3 Å². The molecule has 120 valence electrons. The molecule has 0 saturated carbocycles. The summed E-state index contributed by atoms with van der Waals surface area (Å²) in [5, 5.41) is 0. The Morgan fingerprint density at radius 2 is 1.91 bits per heavy atom. The van der Waals surface area contributed by atoms with Crippen molar-refractivity contribution < 1.29 is 14.3 Å². The summed E-state index contributed by atoms with van der Waals surface area (Å²) in [5.41, 5.74) is 0. The maximum Gasteiger partial charge on any atom is 0.337 e. The molecule has 4 nitrogen and oxygen atoms in total. The van der Waals surface area contributed by atoms with Gasteiger partial charge in [-0.2, -0.15) is 0 Å². The molecule has 0 bridgehead atoms. The number of fused-ring (bicyclic) bond motifs is 1. The molecule has 0 spiro atoms. The van der Waals surface area contributed by atoms with Crippen molar-refractivity contribution in [2.24, 2.45) is 5.92 Å². The Kier molecular flexibility index (Phi) is 5.46. The first-order valence-corrected chi connectivity index (χ1v) is 8.40. The number of carbonyl (C=O) groups is 1. The van der Waals surface area contributed by atoms with Crippen LogP contribution in [0.25, 0.3) is 0 Å². The van der Waals surface area contributed by atoms with E-state index in [-0.39, 0.29) is 12.6 Å². The zero-order valence-electron chi connectivity index (χ0n) is 13.1. The fraction of sp³-hybridized carbons (Fsp3) is 0.611. The van der Waals surface area contributed by atoms with E-state index in [0.717, 1.165) is 0 Å². The number of carbonyl (C=O) groups excluding carboxylic acids is 1. The van der Waals surface area contributed by atoms with Crippen molar-refractivity contribution in [3.8, 4) is 5.75 Å². The second kappa shape index (κ2) is 7.75. The van der Waals surface area contributed by atoms with Crippen LogP contribution in [-0.4, -0.2) is 43.2 Å². The zero-order valence-corrected chi connectivity index (χ0v) is 13.1. The van der Waals surface area contributed by atoms with Gasteiger partial charge < -0.3 is 14.4 Å². The van der Waals surface area contributed by atoms with Crippen LogP contribution in [-0.2, 0) is 9.53 Å². The number of piperidine rings is 2. The molecule has 1 aromatic carbocycles. The molecule has 2 atom stereocenters. The van der Waals surface area contributed by atoms with E-state index in [2.05, 4.69) is 4.90 Å². The second-order valence-electron chi connectivity index (χ2n) is 6.30. The smallest absolute Gasteiger partial charge is 0.337 e. The lowest BCUT2D eigenvalue weighted by molar-refractivity contribution is -0.140. The fourth-order valence-electron chi connectivity index (χ4n) is 3.71. The minimum absolute atomic E-state index is 0.0398. The highest BCUT2D eigenvalue weighted by Gasteiger charge is 2.32. The van der Waals surface area contributed by atoms with Gasteiger partial charge in [0.2, 0.25) is 0 Å². The van der Waals surface area contributed by atoms with Crippen LogP contribution in [0.15, 0.2) is 30.3 Å². The van der Waals surface area contributed by atoms with Crippen LogP contribution in [0.3, 0.4) is 0 Å². The summed E-state index contributed by atoms with van der Waals surface area (Å²) in [5.74, 6) is 0.827. The number of rotatable bonds is 5. The molecule has 0 aromatic heterocycles. The van der Waals surface area contributed by atoms with E-state index in [0.29, 0.717) is 24.3 Å². The number of esters is 1. The molecule has 1 aromatic rings. The highest BCUT2D eigenvalue weighted by molar-refractivity contribution is 5.73. The molecule has 0 radical (unpaired) electrons. The SMILES string of the molecule is O=C(COC[C@@H]1CCCN2CCCC[C@@H]12)Oc1ccccc1. The molecule has 2 heterocycles. The number of ether oxygens (including phenoxy) is 2. The summed E-state index contributed by atoms with van der Waals surface area (Å²) < 4.78 is 10.9. The molecule has 0 N–H and O–H groups in total. The highest BCUT2D eigenvalue weighted by atomic mass is 16.6. The Morgan fingerprint density at radius 3 is 2.77 bits per heavy atom. The van der Waals surface area contributed by atoms with Gasteiger partial charge in [0.15, 0.2) is 0 Å². The van der Waals surface area contributed by atoms with Crippen molar-refractivity contribution >= 4 is 5.97 Å². The molecule has 0 unspecified atom stereocenters. The van der Waals surface area contributed by atoms with Gasteiger partial charge in [0.25, 0.3) is 0 Å². The molecule has 2 aliphatic rings. The predicted molar refractivity (Wildman–Crippen MR) is 84.8 cm³/mol. The van der Waals surface area contributed by atoms with Gasteiger partial charge in [-0.15, -0.1) is 0 Å². The first kappa shape index (κ1) is 15.5. The van der Waals surface area contributed by atoms with Gasteiger partial charge in [-0.05, 0) is 56.8 Å². The number of hydrogen-bond acceptors (Lipinski definition) is 4. The average Bonchev–Trinajstić information content (AvgIpc) is 2.56. The third-order valence-corrected chi connectivity index (χ3v) is 4.76. The first-order chi connectivity index (χ1) is 10.8. The highest BCUT2D eigenvalue weighted by Crippen LogP contribution is 2.30. The summed E-state index contributed by atoms with van der Waals surface area (Å²) in [7, 11) is 0. The van der Waals surface area contributed by atoms with Crippen LogP contribution in [0.2, 0.25) is 0 Å². The molecule has 0 amide bonds. The maximum atomic E-state index is 11.8. The first-order valence-electron chi connectivity index (χ1n) is 8.40. The molecular formula is C18H25NO3. The molecular weight excluding hydrogens is 278 g/mol. The number of para-hydroxylation sites is 1. The standard InChI is InChI=1S/C18H25NO3/c20-18(22-16-8-2-1-3-9-16)14-21-13-15-7-6-12-19-11-5-4-10-17(15)19/h1-3,8-9,15,17H,4-7,10-14H2/t15-,17-/m0/s1. The van der Waals surface area contributed by atoms with Gasteiger partial charge in [0.1, 0.15) is 12.4 Å². The molecule has 0 aliphatic carbocycles. The summed E-state index contributed by atoms with van der Waals surface area (Å²) in [6, 6.07) is 9.81.